The van der Waals surface area contributed by atoms with Gasteiger partial charge in [0.1, 0.15) is 5.69 Å². The highest BCUT2D eigenvalue weighted by Gasteiger charge is 2.36. The van der Waals surface area contributed by atoms with Gasteiger partial charge in [-0.25, -0.2) is 0 Å². The summed E-state index contributed by atoms with van der Waals surface area (Å²) in [5, 5.41) is 14.9. The fraction of sp³-hybridized carbons (Fsp3) is 0.571. The highest BCUT2D eigenvalue weighted by molar-refractivity contribution is 14.1. The SMILES string of the molecule is CN(c1ccc(I)cc1[N+](=O)[O-])C1CC2CCC(C1)N2. The van der Waals surface area contributed by atoms with E-state index in [0.717, 1.165) is 22.1 Å². The molecule has 0 radical (unpaired) electrons. The van der Waals surface area contributed by atoms with Crippen LogP contribution in [0.5, 0.6) is 0 Å². The number of nitro groups is 1. The molecule has 2 bridgehead atoms. The number of hydrogen-bond acceptors (Lipinski definition) is 4. The molecule has 2 unspecified atom stereocenters. The van der Waals surface area contributed by atoms with Crippen molar-refractivity contribution in [2.75, 3.05) is 11.9 Å². The Balaban J connectivity index is 1.87. The lowest BCUT2D eigenvalue weighted by molar-refractivity contribution is -0.384. The zero-order valence-electron chi connectivity index (χ0n) is 11.4. The molecule has 2 heterocycles. The summed E-state index contributed by atoms with van der Waals surface area (Å²) in [4.78, 5) is 13.1. The van der Waals surface area contributed by atoms with Gasteiger partial charge in [-0.2, -0.15) is 0 Å². The molecular weight excluding hydrogens is 369 g/mol. The van der Waals surface area contributed by atoms with Gasteiger partial charge in [-0.15, -0.1) is 0 Å². The van der Waals surface area contributed by atoms with Gasteiger partial charge in [0.25, 0.3) is 5.69 Å². The third-order valence-corrected chi connectivity index (χ3v) is 5.18. The minimum absolute atomic E-state index is 0.213. The summed E-state index contributed by atoms with van der Waals surface area (Å²) in [5.74, 6) is 0. The van der Waals surface area contributed by atoms with Crippen LogP contribution in [0.25, 0.3) is 0 Å². The Hall–Kier alpha value is -0.890. The Morgan fingerprint density at radius 1 is 1.35 bits per heavy atom. The molecule has 0 spiro atoms. The summed E-state index contributed by atoms with van der Waals surface area (Å²) in [6.45, 7) is 0. The van der Waals surface area contributed by atoms with Crippen molar-refractivity contribution in [2.24, 2.45) is 0 Å². The van der Waals surface area contributed by atoms with Crippen molar-refractivity contribution in [3.8, 4) is 0 Å². The second-order valence-corrected chi connectivity index (χ2v) is 7.01. The Morgan fingerprint density at radius 3 is 2.60 bits per heavy atom. The average molecular weight is 387 g/mol. The van der Waals surface area contributed by atoms with Crippen molar-refractivity contribution in [1.29, 1.82) is 0 Å². The summed E-state index contributed by atoms with van der Waals surface area (Å²) < 4.78 is 0.900. The standard InChI is InChI=1S/C14H18IN3O2/c1-17(12-7-10-3-4-11(8-12)16-10)13-5-2-9(15)6-14(13)18(19)20/h2,5-6,10-12,16H,3-4,7-8H2,1H3. The molecule has 1 aromatic carbocycles. The molecule has 2 fully saturated rings. The lowest BCUT2D eigenvalue weighted by atomic mass is 9.98. The van der Waals surface area contributed by atoms with Gasteiger partial charge in [-0.1, -0.05) is 0 Å². The first-order valence-corrected chi connectivity index (χ1v) is 8.05. The van der Waals surface area contributed by atoms with E-state index in [1.807, 2.05) is 19.2 Å². The Kier molecular flexibility index (Phi) is 3.85. The van der Waals surface area contributed by atoms with Crippen molar-refractivity contribution in [2.45, 2.75) is 43.8 Å². The van der Waals surface area contributed by atoms with Gasteiger partial charge in [0.2, 0.25) is 0 Å². The maximum atomic E-state index is 11.3. The van der Waals surface area contributed by atoms with Gasteiger partial charge < -0.3 is 10.2 Å². The number of fused-ring (bicyclic) bond motifs is 2. The molecule has 0 aliphatic carbocycles. The van der Waals surface area contributed by atoms with Crippen molar-refractivity contribution in [1.82, 2.24) is 5.32 Å². The van der Waals surface area contributed by atoms with Crippen LogP contribution in [0.3, 0.4) is 0 Å². The third-order valence-electron chi connectivity index (χ3n) is 4.51. The molecule has 1 aromatic rings. The number of benzene rings is 1. The molecule has 2 aliphatic rings. The van der Waals surface area contributed by atoms with E-state index in [1.165, 1.54) is 12.8 Å². The first-order chi connectivity index (χ1) is 9.54. The second kappa shape index (κ2) is 5.48. The summed E-state index contributed by atoms with van der Waals surface area (Å²) in [6, 6.07) is 7.04. The van der Waals surface area contributed by atoms with E-state index in [0.29, 0.717) is 18.1 Å². The zero-order valence-corrected chi connectivity index (χ0v) is 13.5. The highest BCUT2D eigenvalue weighted by atomic mass is 127. The molecular formula is C14H18IN3O2. The molecule has 0 saturated carbocycles. The molecule has 1 N–H and O–H groups in total. The van der Waals surface area contributed by atoms with Gasteiger partial charge in [-0.05, 0) is 60.4 Å². The molecule has 0 aromatic heterocycles. The smallest absolute Gasteiger partial charge is 0.293 e. The first kappa shape index (κ1) is 14.1. The maximum Gasteiger partial charge on any atom is 0.293 e. The monoisotopic (exact) mass is 387 g/mol. The lowest BCUT2D eigenvalue weighted by Crippen LogP contribution is -2.47. The Morgan fingerprint density at radius 2 is 2.00 bits per heavy atom. The topological polar surface area (TPSA) is 58.4 Å². The zero-order chi connectivity index (χ0) is 14.3. The van der Waals surface area contributed by atoms with Crippen LogP contribution in [-0.2, 0) is 0 Å². The third kappa shape index (κ3) is 2.63. The van der Waals surface area contributed by atoms with Gasteiger partial charge in [-0.3, -0.25) is 10.1 Å². The fourth-order valence-corrected chi connectivity index (χ4v) is 3.96. The molecule has 2 aliphatic heterocycles. The van der Waals surface area contributed by atoms with E-state index in [1.54, 1.807) is 6.07 Å². The number of nitrogens with zero attached hydrogens (tertiary/aromatic N) is 2. The summed E-state index contributed by atoms with van der Waals surface area (Å²) in [6.07, 6.45) is 4.64. The summed E-state index contributed by atoms with van der Waals surface area (Å²) >= 11 is 2.12. The Bertz CT molecular complexity index is 525. The molecule has 5 nitrogen and oxygen atoms in total. The molecule has 0 amide bonds. The predicted octanol–water partition coefficient (Wildman–Crippen LogP) is 2.92. The van der Waals surface area contributed by atoms with E-state index in [4.69, 9.17) is 0 Å². The number of piperidine rings is 1. The minimum atomic E-state index is -0.274. The van der Waals surface area contributed by atoms with Crippen LogP contribution in [0, 0.1) is 13.7 Å². The summed E-state index contributed by atoms with van der Waals surface area (Å²) in [7, 11) is 1.99. The van der Waals surface area contributed by atoms with Crippen LogP contribution >= 0.6 is 22.6 Å². The van der Waals surface area contributed by atoms with Crippen molar-refractivity contribution in [3.05, 3.63) is 31.9 Å². The number of anilines is 1. The summed E-state index contributed by atoms with van der Waals surface area (Å²) in [5.41, 5.74) is 0.951. The van der Waals surface area contributed by atoms with E-state index in [9.17, 15) is 10.1 Å². The number of hydrogen-bond donors (Lipinski definition) is 1. The average Bonchev–Trinajstić information content (AvgIpc) is 2.76. The number of nitro benzene ring substituents is 1. The normalized spacial score (nSPS) is 28.4. The van der Waals surface area contributed by atoms with Crippen LogP contribution in [0.4, 0.5) is 11.4 Å². The van der Waals surface area contributed by atoms with E-state index < -0.39 is 0 Å². The van der Waals surface area contributed by atoms with E-state index in [-0.39, 0.29) is 10.6 Å². The van der Waals surface area contributed by atoms with Crippen molar-refractivity contribution in [3.63, 3.8) is 0 Å². The fourth-order valence-electron chi connectivity index (χ4n) is 3.48. The van der Waals surface area contributed by atoms with Crippen LogP contribution in [0.1, 0.15) is 25.7 Å². The van der Waals surface area contributed by atoms with Gasteiger partial charge in [0.15, 0.2) is 0 Å². The quantitative estimate of drug-likeness (QED) is 0.492. The predicted molar refractivity (Wildman–Crippen MR) is 87.2 cm³/mol. The van der Waals surface area contributed by atoms with Gasteiger partial charge >= 0.3 is 0 Å². The lowest BCUT2D eigenvalue weighted by Gasteiger charge is -2.36. The van der Waals surface area contributed by atoms with E-state index in [2.05, 4.69) is 32.8 Å². The Labute approximate surface area is 132 Å². The maximum absolute atomic E-state index is 11.3. The van der Waals surface area contributed by atoms with Crippen molar-refractivity contribution < 1.29 is 4.92 Å². The van der Waals surface area contributed by atoms with Crippen molar-refractivity contribution >= 4 is 34.0 Å². The second-order valence-electron chi connectivity index (χ2n) is 5.76. The number of nitrogens with one attached hydrogen (secondary N) is 1. The molecule has 20 heavy (non-hydrogen) atoms. The number of halogens is 1. The largest absolute Gasteiger partial charge is 0.366 e. The molecule has 108 valence electrons. The molecule has 2 saturated heterocycles. The van der Waals surface area contributed by atoms with E-state index >= 15 is 0 Å². The van der Waals surface area contributed by atoms with Crippen LogP contribution in [0.15, 0.2) is 18.2 Å². The van der Waals surface area contributed by atoms with Gasteiger partial charge in [0, 0.05) is 34.8 Å². The first-order valence-electron chi connectivity index (χ1n) is 6.97. The van der Waals surface area contributed by atoms with Crippen LogP contribution in [0.2, 0.25) is 0 Å². The van der Waals surface area contributed by atoms with Gasteiger partial charge in [0.05, 0.1) is 4.92 Å². The van der Waals surface area contributed by atoms with Crippen LogP contribution in [-0.4, -0.2) is 30.1 Å². The highest BCUT2D eigenvalue weighted by Crippen LogP contribution is 2.35. The minimum Gasteiger partial charge on any atom is -0.366 e. The molecule has 2 atom stereocenters. The molecule has 6 heteroatoms. The van der Waals surface area contributed by atoms with Crippen LogP contribution < -0.4 is 10.2 Å². The molecule has 3 rings (SSSR count). The number of rotatable bonds is 3.